The first-order chi connectivity index (χ1) is 11.2. The largest absolute Gasteiger partial charge is 0.352 e. The number of carbonyl (C=O) groups excluding carboxylic acids is 1. The molecule has 1 aromatic rings. The van der Waals surface area contributed by atoms with Crippen LogP contribution in [-0.4, -0.2) is 36.0 Å². The predicted molar refractivity (Wildman–Crippen MR) is 92.7 cm³/mol. The molecular weight excluding hydrogens is 286 g/mol. The minimum atomic E-state index is -0.346. The lowest BCUT2D eigenvalue weighted by Gasteiger charge is -2.23. The summed E-state index contributed by atoms with van der Waals surface area (Å²) in [6.45, 7) is 5.33. The third-order valence-corrected chi connectivity index (χ3v) is 5.45. The highest BCUT2D eigenvalue weighted by molar-refractivity contribution is 5.81. The molecule has 4 nitrogen and oxygen atoms in total. The molecule has 1 aliphatic heterocycles. The highest BCUT2D eigenvalue weighted by atomic mass is 16.2. The van der Waals surface area contributed by atoms with E-state index in [2.05, 4.69) is 47.5 Å². The molecule has 4 heteroatoms. The third-order valence-electron chi connectivity index (χ3n) is 5.45. The Morgan fingerprint density at radius 2 is 2.09 bits per heavy atom. The van der Waals surface area contributed by atoms with Crippen LogP contribution in [0.25, 0.3) is 0 Å². The lowest BCUT2D eigenvalue weighted by atomic mass is 9.97. The molecule has 0 bridgehead atoms. The second-order valence-corrected chi connectivity index (χ2v) is 7.19. The zero-order valence-corrected chi connectivity index (χ0v) is 14.1. The van der Waals surface area contributed by atoms with Crippen LogP contribution in [0.4, 0.5) is 0 Å². The van der Waals surface area contributed by atoms with Gasteiger partial charge in [0.2, 0.25) is 5.91 Å². The number of nitrogens with one attached hydrogen (secondary N) is 1. The molecule has 1 heterocycles. The number of nitrogens with two attached hydrogens (primary N) is 1. The Labute approximate surface area is 139 Å². The number of nitrogens with zero attached hydrogens (tertiary/aromatic N) is 1. The molecule has 126 valence electrons. The van der Waals surface area contributed by atoms with E-state index in [0.717, 1.165) is 44.8 Å². The summed E-state index contributed by atoms with van der Waals surface area (Å²) in [5, 5.41) is 3.23. The normalized spacial score (nSPS) is 28.5. The van der Waals surface area contributed by atoms with Gasteiger partial charge in [0.15, 0.2) is 0 Å². The second kappa shape index (κ2) is 7.45. The van der Waals surface area contributed by atoms with Crippen LogP contribution in [0.5, 0.6) is 0 Å². The molecule has 2 fully saturated rings. The molecule has 1 aliphatic carbocycles. The Morgan fingerprint density at radius 1 is 1.30 bits per heavy atom. The van der Waals surface area contributed by atoms with Crippen LogP contribution in [0.15, 0.2) is 30.3 Å². The maximum absolute atomic E-state index is 12.2. The first kappa shape index (κ1) is 16.5. The Hall–Kier alpha value is -1.39. The molecule has 0 aromatic heterocycles. The number of benzene rings is 1. The molecule has 4 atom stereocenters. The average molecular weight is 315 g/mol. The van der Waals surface area contributed by atoms with Gasteiger partial charge in [-0.25, -0.2) is 0 Å². The molecule has 0 spiro atoms. The summed E-state index contributed by atoms with van der Waals surface area (Å²) >= 11 is 0. The Bertz CT molecular complexity index is 519. The van der Waals surface area contributed by atoms with Crippen molar-refractivity contribution >= 4 is 5.91 Å². The zero-order chi connectivity index (χ0) is 16.2. The fourth-order valence-electron chi connectivity index (χ4n) is 4.24. The summed E-state index contributed by atoms with van der Waals surface area (Å²) in [5.74, 6) is 1.36. The number of fused-ring (bicyclic) bond motifs is 1. The number of amides is 1. The molecule has 0 unspecified atom stereocenters. The Kier molecular flexibility index (Phi) is 5.34. The predicted octanol–water partition coefficient (Wildman–Crippen LogP) is 2.14. The quantitative estimate of drug-likeness (QED) is 0.845. The van der Waals surface area contributed by atoms with Gasteiger partial charge in [-0.05, 0) is 36.7 Å². The van der Waals surface area contributed by atoms with Crippen molar-refractivity contribution in [1.82, 2.24) is 10.2 Å². The van der Waals surface area contributed by atoms with Gasteiger partial charge in [0.05, 0.1) is 6.04 Å². The van der Waals surface area contributed by atoms with Crippen molar-refractivity contribution < 1.29 is 4.79 Å². The smallest absolute Gasteiger partial charge is 0.237 e. The van der Waals surface area contributed by atoms with Gasteiger partial charge in [-0.1, -0.05) is 43.7 Å². The van der Waals surface area contributed by atoms with Crippen LogP contribution in [0, 0.1) is 11.8 Å². The monoisotopic (exact) mass is 315 g/mol. The van der Waals surface area contributed by atoms with Crippen molar-refractivity contribution in [2.24, 2.45) is 17.6 Å². The second-order valence-electron chi connectivity index (χ2n) is 7.19. The van der Waals surface area contributed by atoms with E-state index in [1.54, 1.807) is 0 Å². The maximum Gasteiger partial charge on any atom is 0.237 e. The van der Waals surface area contributed by atoms with Gasteiger partial charge in [0.25, 0.3) is 0 Å². The Balaban J connectivity index is 1.53. The van der Waals surface area contributed by atoms with E-state index >= 15 is 0 Å². The van der Waals surface area contributed by atoms with Crippen LogP contribution >= 0.6 is 0 Å². The number of hydrogen-bond donors (Lipinski definition) is 2. The first-order valence-corrected chi connectivity index (χ1v) is 8.99. The third kappa shape index (κ3) is 3.93. The molecule has 23 heavy (non-hydrogen) atoms. The van der Waals surface area contributed by atoms with Crippen molar-refractivity contribution in [3.8, 4) is 0 Å². The standard InChI is InChI=1S/C19H29N3O/c1-2-6-17(20)19(23)21-18-10-9-15-12-22(13-16(15)18)11-14-7-4-3-5-8-14/h3-5,7-8,15-18H,2,6,9-13,20H2,1H3,(H,21,23)/t15-,16+,17-,18+/m0/s1. The summed E-state index contributed by atoms with van der Waals surface area (Å²) < 4.78 is 0. The summed E-state index contributed by atoms with van der Waals surface area (Å²) in [6, 6.07) is 10.6. The van der Waals surface area contributed by atoms with E-state index < -0.39 is 0 Å². The zero-order valence-electron chi connectivity index (χ0n) is 14.1. The lowest BCUT2D eigenvalue weighted by molar-refractivity contribution is -0.123. The SMILES string of the molecule is CCC[C@H](N)C(=O)N[C@@H]1CC[C@H]2CN(Cc3ccccc3)C[C@H]21. The minimum absolute atomic E-state index is 0.0407. The summed E-state index contributed by atoms with van der Waals surface area (Å²) in [5.41, 5.74) is 7.32. The van der Waals surface area contributed by atoms with Crippen LogP contribution in [0.1, 0.15) is 38.2 Å². The van der Waals surface area contributed by atoms with Crippen molar-refractivity contribution in [3.05, 3.63) is 35.9 Å². The van der Waals surface area contributed by atoms with Gasteiger partial charge in [-0.3, -0.25) is 9.69 Å². The van der Waals surface area contributed by atoms with Crippen molar-refractivity contribution in [2.45, 2.75) is 51.2 Å². The molecule has 1 aromatic carbocycles. The van der Waals surface area contributed by atoms with Crippen LogP contribution < -0.4 is 11.1 Å². The van der Waals surface area contributed by atoms with Gasteiger partial charge < -0.3 is 11.1 Å². The lowest BCUT2D eigenvalue weighted by Crippen LogP contribution is -2.47. The Morgan fingerprint density at radius 3 is 2.83 bits per heavy atom. The fourth-order valence-corrected chi connectivity index (χ4v) is 4.24. The summed E-state index contributed by atoms with van der Waals surface area (Å²) in [6.07, 6.45) is 4.06. The van der Waals surface area contributed by atoms with Gasteiger partial charge in [0.1, 0.15) is 0 Å². The van der Waals surface area contributed by atoms with Crippen LogP contribution in [0.2, 0.25) is 0 Å². The van der Waals surface area contributed by atoms with Crippen molar-refractivity contribution in [1.29, 1.82) is 0 Å². The number of hydrogen-bond acceptors (Lipinski definition) is 3. The molecule has 2 aliphatic rings. The number of likely N-dealkylation sites (tertiary alicyclic amines) is 1. The minimum Gasteiger partial charge on any atom is -0.352 e. The molecule has 3 N–H and O–H groups in total. The van der Waals surface area contributed by atoms with E-state index in [1.165, 1.54) is 12.0 Å². The molecule has 1 saturated carbocycles. The van der Waals surface area contributed by atoms with Gasteiger partial charge in [0, 0.05) is 25.7 Å². The number of rotatable bonds is 6. The first-order valence-electron chi connectivity index (χ1n) is 8.99. The molecule has 0 radical (unpaired) electrons. The van der Waals surface area contributed by atoms with E-state index in [1.807, 2.05) is 0 Å². The summed E-state index contributed by atoms with van der Waals surface area (Å²) in [7, 11) is 0. The summed E-state index contributed by atoms with van der Waals surface area (Å²) in [4.78, 5) is 14.7. The van der Waals surface area contributed by atoms with E-state index in [-0.39, 0.29) is 11.9 Å². The van der Waals surface area contributed by atoms with Crippen LogP contribution in [0.3, 0.4) is 0 Å². The van der Waals surface area contributed by atoms with E-state index in [0.29, 0.717) is 12.0 Å². The maximum atomic E-state index is 12.2. The number of carbonyl (C=O) groups is 1. The van der Waals surface area contributed by atoms with Gasteiger partial charge in [-0.15, -0.1) is 0 Å². The topological polar surface area (TPSA) is 58.4 Å². The van der Waals surface area contributed by atoms with Gasteiger partial charge >= 0.3 is 0 Å². The fraction of sp³-hybridized carbons (Fsp3) is 0.632. The van der Waals surface area contributed by atoms with Crippen LogP contribution in [-0.2, 0) is 11.3 Å². The van der Waals surface area contributed by atoms with E-state index in [9.17, 15) is 4.79 Å². The van der Waals surface area contributed by atoms with Crippen molar-refractivity contribution in [3.63, 3.8) is 0 Å². The molecule has 3 rings (SSSR count). The molecule has 1 saturated heterocycles. The molecule has 1 amide bonds. The molecular formula is C19H29N3O. The van der Waals surface area contributed by atoms with E-state index in [4.69, 9.17) is 5.73 Å². The highest BCUT2D eigenvalue weighted by Gasteiger charge is 2.43. The van der Waals surface area contributed by atoms with Gasteiger partial charge in [-0.2, -0.15) is 0 Å². The van der Waals surface area contributed by atoms with Crippen molar-refractivity contribution in [2.75, 3.05) is 13.1 Å². The highest BCUT2D eigenvalue weighted by Crippen LogP contribution is 2.38. The average Bonchev–Trinajstić information content (AvgIpc) is 3.10.